The highest BCUT2D eigenvalue weighted by molar-refractivity contribution is 6.02. The summed E-state index contributed by atoms with van der Waals surface area (Å²) < 4.78 is 14.8. The third kappa shape index (κ3) is 2.10. The number of esters is 2. The first-order valence-corrected chi connectivity index (χ1v) is 5.88. The molecule has 7 nitrogen and oxygen atoms in total. The number of nitrogens with zero attached hydrogens (tertiary/aromatic N) is 1. The summed E-state index contributed by atoms with van der Waals surface area (Å²) >= 11 is 0. The molecule has 2 aliphatic rings. The van der Waals surface area contributed by atoms with E-state index >= 15 is 0 Å². The van der Waals surface area contributed by atoms with E-state index in [4.69, 9.17) is 9.47 Å². The smallest absolute Gasteiger partial charge is 0.345 e. The first-order chi connectivity index (χ1) is 9.09. The molecule has 0 bridgehead atoms. The Morgan fingerprint density at radius 1 is 1.47 bits per heavy atom. The molecule has 0 aromatic heterocycles. The van der Waals surface area contributed by atoms with Crippen molar-refractivity contribution in [2.24, 2.45) is 0 Å². The van der Waals surface area contributed by atoms with Crippen molar-refractivity contribution in [3.8, 4) is 0 Å². The summed E-state index contributed by atoms with van der Waals surface area (Å²) in [7, 11) is 2.43. The zero-order valence-electron chi connectivity index (χ0n) is 10.8. The number of hydrogen-bond donors (Lipinski definition) is 0. The van der Waals surface area contributed by atoms with Gasteiger partial charge in [0.05, 0.1) is 19.8 Å². The molecule has 1 fully saturated rings. The molecular weight excluding hydrogens is 254 g/mol. The summed E-state index contributed by atoms with van der Waals surface area (Å²) in [5.74, 6) is -1.36. The van der Waals surface area contributed by atoms with Gasteiger partial charge in [-0.15, -0.1) is 0 Å². The van der Waals surface area contributed by atoms with Gasteiger partial charge in [-0.25, -0.2) is 9.59 Å². The molecule has 7 heteroatoms. The number of carbonyl (C=O) groups is 3. The minimum Gasteiger partial charge on any atom is -0.467 e. The van der Waals surface area contributed by atoms with E-state index in [0.717, 1.165) is 0 Å². The summed E-state index contributed by atoms with van der Waals surface area (Å²) in [6, 6.07) is 0. The largest absolute Gasteiger partial charge is 0.467 e. The van der Waals surface area contributed by atoms with Crippen molar-refractivity contribution >= 4 is 18.3 Å². The highest BCUT2D eigenvalue weighted by atomic mass is 16.7. The lowest BCUT2D eigenvalue weighted by molar-refractivity contribution is -0.148. The predicted octanol–water partition coefficient (Wildman–Crippen LogP) is -0.394. The van der Waals surface area contributed by atoms with Gasteiger partial charge in [0.2, 0.25) is 12.0 Å². The first kappa shape index (κ1) is 13.5. The summed E-state index contributed by atoms with van der Waals surface area (Å²) in [6.45, 7) is 0.459. The maximum absolute atomic E-state index is 11.9. The van der Waals surface area contributed by atoms with E-state index in [1.54, 1.807) is 0 Å². The summed E-state index contributed by atoms with van der Waals surface area (Å²) in [4.78, 5) is 36.0. The molecular formula is C12H15NO6. The molecule has 2 atom stereocenters. The average molecular weight is 269 g/mol. The Morgan fingerprint density at radius 3 is 2.79 bits per heavy atom. The fraction of sp³-hybridized carbons (Fsp3) is 0.583. The Bertz CT molecular complexity index is 446. The number of methoxy groups -OCH3 is 2. The summed E-state index contributed by atoms with van der Waals surface area (Å²) in [6.07, 6.45) is 2.73. The van der Waals surface area contributed by atoms with Crippen LogP contribution in [-0.4, -0.2) is 55.7 Å². The van der Waals surface area contributed by atoms with Gasteiger partial charge in [-0.3, -0.25) is 4.79 Å². The van der Waals surface area contributed by atoms with Crippen LogP contribution in [0.25, 0.3) is 0 Å². The molecule has 0 saturated carbocycles. The van der Waals surface area contributed by atoms with Crippen LogP contribution in [0.5, 0.6) is 0 Å². The van der Waals surface area contributed by atoms with E-state index in [-0.39, 0.29) is 5.57 Å². The van der Waals surface area contributed by atoms with Gasteiger partial charge in [0, 0.05) is 12.7 Å². The standard InChI is InChI=1S/C12H15NO6/c1-17-10(15)8-6-13(7-14)5-3-4-9-12(8,19-9)11(16)18-2/h6-7,9H,3-5H2,1-2H3. The molecule has 1 amide bonds. The third-order valence-electron chi connectivity index (χ3n) is 3.33. The number of rotatable bonds is 3. The van der Waals surface area contributed by atoms with Crippen LogP contribution in [0.1, 0.15) is 12.8 Å². The number of ether oxygens (including phenoxy) is 3. The molecule has 0 radical (unpaired) electrons. The second kappa shape index (κ2) is 5.00. The first-order valence-electron chi connectivity index (χ1n) is 5.88. The number of epoxide rings is 1. The second-order valence-electron chi connectivity index (χ2n) is 4.35. The minimum absolute atomic E-state index is 0.00125. The van der Waals surface area contributed by atoms with Gasteiger partial charge in [0.1, 0.15) is 6.10 Å². The topological polar surface area (TPSA) is 85.4 Å². The molecule has 104 valence electrons. The molecule has 19 heavy (non-hydrogen) atoms. The summed E-state index contributed by atoms with van der Waals surface area (Å²) in [5, 5.41) is 0. The van der Waals surface area contributed by atoms with Gasteiger partial charge in [-0.2, -0.15) is 0 Å². The fourth-order valence-electron chi connectivity index (χ4n) is 2.31. The van der Waals surface area contributed by atoms with E-state index in [0.29, 0.717) is 25.8 Å². The molecule has 0 aromatic carbocycles. The quantitative estimate of drug-likeness (QED) is 0.394. The van der Waals surface area contributed by atoms with Crippen molar-refractivity contribution in [3.63, 3.8) is 0 Å². The van der Waals surface area contributed by atoms with Crippen LogP contribution >= 0.6 is 0 Å². The van der Waals surface area contributed by atoms with Crippen molar-refractivity contribution in [2.75, 3.05) is 20.8 Å². The highest BCUT2D eigenvalue weighted by Crippen LogP contribution is 2.47. The molecule has 0 aromatic rings. The van der Waals surface area contributed by atoms with E-state index in [1.165, 1.54) is 25.3 Å². The van der Waals surface area contributed by atoms with Crippen molar-refractivity contribution in [1.82, 2.24) is 4.90 Å². The Labute approximate surface area is 110 Å². The normalized spacial score (nSPS) is 29.3. The van der Waals surface area contributed by atoms with Gasteiger partial charge in [-0.1, -0.05) is 0 Å². The number of carbonyl (C=O) groups excluding carboxylic acids is 3. The molecule has 2 rings (SSSR count). The summed E-state index contributed by atoms with van der Waals surface area (Å²) in [5.41, 5.74) is -1.43. The van der Waals surface area contributed by atoms with Crippen molar-refractivity contribution in [1.29, 1.82) is 0 Å². The molecule has 0 aliphatic carbocycles. The van der Waals surface area contributed by atoms with Gasteiger partial charge in [0.15, 0.2) is 0 Å². The lowest BCUT2D eigenvalue weighted by Gasteiger charge is -2.20. The number of amides is 1. The number of fused-ring (bicyclic) bond motifs is 1. The van der Waals surface area contributed by atoms with Crippen LogP contribution in [0.2, 0.25) is 0 Å². The van der Waals surface area contributed by atoms with Crippen molar-refractivity contribution in [2.45, 2.75) is 24.5 Å². The molecule has 1 saturated heterocycles. The van der Waals surface area contributed by atoms with Gasteiger partial charge >= 0.3 is 11.9 Å². The SMILES string of the molecule is COC(=O)C1=CN(C=O)CCCC2OC12C(=O)OC. The minimum atomic E-state index is -1.43. The van der Waals surface area contributed by atoms with Gasteiger partial charge in [-0.05, 0) is 12.8 Å². The highest BCUT2D eigenvalue weighted by Gasteiger charge is 2.68. The predicted molar refractivity (Wildman–Crippen MR) is 61.7 cm³/mol. The molecule has 0 spiro atoms. The van der Waals surface area contributed by atoms with Gasteiger partial charge in [0.25, 0.3) is 0 Å². The monoisotopic (exact) mass is 269 g/mol. The average Bonchev–Trinajstić information content (AvgIpc) is 3.12. The Morgan fingerprint density at radius 2 is 2.21 bits per heavy atom. The van der Waals surface area contributed by atoms with Crippen LogP contribution in [0.15, 0.2) is 11.8 Å². The van der Waals surface area contributed by atoms with Crippen LogP contribution in [0.4, 0.5) is 0 Å². The maximum Gasteiger partial charge on any atom is 0.345 e. The molecule has 2 aliphatic heterocycles. The Kier molecular flexibility index (Phi) is 3.57. The van der Waals surface area contributed by atoms with E-state index in [9.17, 15) is 14.4 Å². The molecule has 2 unspecified atom stereocenters. The zero-order valence-corrected chi connectivity index (χ0v) is 10.8. The van der Waals surface area contributed by atoms with Crippen LogP contribution < -0.4 is 0 Å². The molecule has 2 heterocycles. The Balaban J connectivity index is 2.44. The maximum atomic E-state index is 11.9. The number of hydrogen-bond acceptors (Lipinski definition) is 6. The van der Waals surface area contributed by atoms with E-state index in [2.05, 4.69) is 4.74 Å². The zero-order chi connectivity index (χ0) is 14.0. The molecule has 0 N–H and O–H groups in total. The third-order valence-corrected chi connectivity index (χ3v) is 3.33. The lowest BCUT2D eigenvalue weighted by Crippen LogP contribution is -2.38. The van der Waals surface area contributed by atoms with E-state index < -0.39 is 23.6 Å². The lowest BCUT2D eigenvalue weighted by atomic mass is 9.92. The second-order valence-corrected chi connectivity index (χ2v) is 4.35. The fourth-order valence-corrected chi connectivity index (χ4v) is 2.31. The van der Waals surface area contributed by atoms with Crippen molar-refractivity contribution in [3.05, 3.63) is 11.8 Å². The van der Waals surface area contributed by atoms with Crippen LogP contribution in [-0.2, 0) is 28.6 Å². The van der Waals surface area contributed by atoms with Crippen LogP contribution in [0, 0.1) is 0 Å². The van der Waals surface area contributed by atoms with Crippen molar-refractivity contribution < 1.29 is 28.6 Å². The van der Waals surface area contributed by atoms with Gasteiger partial charge < -0.3 is 19.1 Å². The van der Waals surface area contributed by atoms with E-state index in [1.807, 2.05) is 0 Å². The van der Waals surface area contributed by atoms with Crippen LogP contribution in [0.3, 0.4) is 0 Å². The Hall–Kier alpha value is -1.89.